The van der Waals surface area contributed by atoms with E-state index in [1.807, 2.05) is 47.6 Å². The summed E-state index contributed by atoms with van der Waals surface area (Å²) >= 11 is 6.02. The summed E-state index contributed by atoms with van der Waals surface area (Å²) in [5, 5.41) is 1.21. The molecule has 4 rings (SSSR count). The molecule has 29 heavy (non-hydrogen) atoms. The number of hydrogen-bond donors (Lipinski definition) is 0. The van der Waals surface area contributed by atoms with Gasteiger partial charge >= 0.3 is 0 Å². The summed E-state index contributed by atoms with van der Waals surface area (Å²) in [4.78, 5) is 32.4. The molecule has 0 N–H and O–H groups in total. The number of nitrogens with zero attached hydrogens (tertiary/aromatic N) is 4. The first-order valence-corrected chi connectivity index (χ1v) is 10.5. The summed E-state index contributed by atoms with van der Waals surface area (Å²) in [7, 11) is 0. The van der Waals surface area contributed by atoms with Gasteiger partial charge in [-0.25, -0.2) is 4.98 Å². The Morgan fingerprint density at radius 3 is 2.38 bits per heavy atom. The van der Waals surface area contributed by atoms with Crippen LogP contribution >= 0.6 is 11.6 Å². The van der Waals surface area contributed by atoms with Crippen molar-refractivity contribution in [3.8, 4) is 5.69 Å². The molecule has 0 radical (unpaired) electrons. The van der Waals surface area contributed by atoms with Crippen LogP contribution in [0.5, 0.6) is 0 Å². The second kappa shape index (κ2) is 8.03. The SMILES string of the molecule is Cc1c(C)n(-c2ccc(Cl)cc2)c2ncn(CC(=O)N3CCCCCC3)c(=O)c12. The number of benzene rings is 1. The van der Waals surface area contributed by atoms with Gasteiger partial charge in [0.25, 0.3) is 5.56 Å². The first-order chi connectivity index (χ1) is 14.0. The lowest BCUT2D eigenvalue weighted by Crippen LogP contribution is -2.37. The van der Waals surface area contributed by atoms with Crippen molar-refractivity contribution in [2.45, 2.75) is 46.1 Å². The summed E-state index contributed by atoms with van der Waals surface area (Å²) in [6, 6.07) is 7.45. The van der Waals surface area contributed by atoms with Gasteiger partial charge in [-0.15, -0.1) is 0 Å². The first kappa shape index (κ1) is 19.7. The van der Waals surface area contributed by atoms with Crippen molar-refractivity contribution < 1.29 is 4.79 Å². The zero-order valence-corrected chi connectivity index (χ0v) is 17.6. The number of carbonyl (C=O) groups is 1. The van der Waals surface area contributed by atoms with E-state index in [4.69, 9.17) is 11.6 Å². The Labute approximate surface area is 174 Å². The third-order valence-corrected chi connectivity index (χ3v) is 6.08. The van der Waals surface area contributed by atoms with Crippen molar-refractivity contribution in [1.82, 2.24) is 19.0 Å². The Hall–Kier alpha value is -2.60. The highest BCUT2D eigenvalue weighted by molar-refractivity contribution is 6.30. The van der Waals surface area contributed by atoms with Gasteiger partial charge in [-0.2, -0.15) is 0 Å². The van der Waals surface area contributed by atoms with Crippen LogP contribution in [0, 0.1) is 13.8 Å². The van der Waals surface area contributed by atoms with E-state index < -0.39 is 0 Å². The minimum atomic E-state index is -0.175. The molecule has 0 spiro atoms. The van der Waals surface area contributed by atoms with E-state index in [1.54, 1.807) is 0 Å². The summed E-state index contributed by atoms with van der Waals surface area (Å²) in [5.74, 6) is -0.0124. The third kappa shape index (κ3) is 3.69. The highest BCUT2D eigenvalue weighted by Gasteiger charge is 2.20. The lowest BCUT2D eigenvalue weighted by atomic mass is 10.2. The van der Waals surface area contributed by atoms with Crippen molar-refractivity contribution in [2.75, 3.05) is 13.1 Å². The van der Waals surface area contributed by atoms with Crippen LogP contribution < -0.4 is 5.56 Å². The number of fused-ring (bicyclic) bond motifs is 1. The Bertz CT molecular complexity index is 1110. The predicted octanol–water partition coefficient (Wildman–Crippen LogP) is 3.86. The average Bonchev–Trinajstić information content (AvgIpc) is 2.89. The van der Waals surface area contributed by atoms with Gasteiger partial charge < -0.3 is 4.90 Å². The van der Waals surface area contributed by atoms with Crippen molar-refractivity contribution in [2.24, 2.45) is 0 Å². The molecular formula is C22H25ClN4O2. The Morgan fingerprint density at radius 2 is 1.72 bits per heavy atom. The highest BCUT2D eigenvalue weighted by Crippen LogP contribution is 2.25. The molecule has 1 aromatic carbocycles. The van der Waals surface area contributed by atoms with Gasteiger partial charge in [0, 0.05) is 29.5 Å². The maximum atomic E-state index is 13.2. The van der Waals surface area contributed by atoms with Crippen LogP contribution in [0.1, 0.15) is 36.9 Å². The molecule has 7 heteroatoms. The molecule has 1 aliphatic rings. The maximum absolute atomic E-state index is 13.2. The lowest BCUT2D eigenvalue weighted by Gasteiger charge is -2.20. The van der Waals surface area contributed by atoms with Crippen LogP contribution in [-0.4, -0.2) is 38.0 Å². The van der Waals surface area contributed by atoms with E-state index in [0.717, 1.165) is 55.7 Å². The second-order valence-electron chi connectivity index (χ2n) is 7.69. The number of aryl methyl sites for hydroxylation is 1. The normalized spacial score (nSPS) is 14.9. The largest absolute Gasteiger partial charge is 0.341 e. The zero-order chi connectivity index (χ0) is 20.5. The number of halogens is 1. The molecule has 152 valence electrons. The fourth-order valence-corrected chi connectivity index (χ4v) is 4.20. The van der Waals surface area contributed by atoms with Gasteiger partial charge in [0.2, 0.25) is 5.91 Å². The number of aromatic nitrogens is 3. The zero-order valence-electron chi connectivity index (χ0n) is 16.8. The second-order valence-corrected chi connectivity index (χ2v) is 8.13. The van der Waals surface area contributed by atoms with Gasteiger partial charge in [-0.3, -0.25) is 18.7 Å². The molecule has 3 heterocycles. The molecule has 1 amide bonds. The number of likely N-dealkylation sites (tertiary alicyclic amines) is 1. The molecule has 1 aliphatic heterocycles. The molecular weight excluding hydrogens is 388 g/mol. The number of carbonyl (C=O) groups excluding carboxylic acids is 1. The van der Waals surface area contributed by atoms with Crippen LogP contribution in [-0.2, 0) is 11.3 Å². The quantitative estimate of drug-likeness (QED) is 0.656. The molecule has 0 aliphatic carbocycles. The van der Waals surface area contributed by atoms with Gasteiger partial charge in [0.05, 0.1) is 5.39 Å². The standard InChI is InChI=1S/C22H25ClN4O2/c1-15-16(2)27(18-9-7-17(23)8-10-18)21-20(15)22(29)26(14-24-21)13-19(28)25-11-5-3-4-6-12-25/h7-10,14H,3-6,11-13H2,1-2H3. The molecule has 0 atom stereocenters. The van der Waals surface area contributed by atoms with Gasteiger partial charge in [-0.1, -0.05) is 24.4 Å². The number of amides is 1. The summed E-state index contributed by atoms with van der Waals surface area (Å²) in [5.41, 5.74) is 3.15. The van der Waals surface area contributed by atoms with Crippen LogP contribution in [0.4, 0.5) is 0 Å². The van der Waals surface area contributed by atoms with Crippen LogP contribution in [0.3, 0.4) is 0 Å². The van der Waals surface area contributed by atoms with E-state index in [-0.39, 0.29) is 18.0 Å². The molecule has 2 aromatic heterocycles. The highest BCUT2D eigenvalue weighted by atomic mass is 35.5. The fraction of sp³-hybridized carbons (Fsp3) is 0.409. The monoisotopic (exact) mass is 412 g/mol. The summed E-state index contributed by atoms with van der Waals surface area (Å²) in [6.45, 7) is 5.47. The minimum absolute atomic E-state index is 0.0124. The average molecular weight is 413 g/mol. The first-order valence-electron chi connectivity index (χ1n) is 10.1. The van der Waals surface area contributed by atoms with Crippen molar-refractivity contribution in [3.63, 3.8) is 0 Å². The van der Waals surface area contributed by atoms with E-state index >= 15 is 0 Å². The van der Waals surface area contributed by atoms with E-state index in [0.29, 0.717) is 16.1 Å². The summed E-state index contributed by atoms with van der Waals surface area (Å²) < 4.78 is 3.40. The Balaban J connectivity index is 1.72. The topological polar surface area (TPSA) is 60.1 Å². The molecule has 1 fully saturated rings. The maximum Gasteiger partial charge on any atom is 0.263 e. The van der Waals surface area contributed by atoms with Crippen LogP contribution in [0.15, 0.2) is 35.4 Å². The van der Waals surface area contributed by atoms with Crippen LogP contribution in [0.2, 0.25) is 5.02 Å². The van der Waals surface area contributed by atoms with Crippen molar-refractivity contribution >= 4 is 28.5 Å². The van der Waals surface area contributed by atoms with Gasteiger partial charge in [0.15, 0.2) is 5.65 Å². The Morgan fingerprint density at radius 1 is 1.07 bits per heavy atom. The molecule has 3 aromatic rings. The molecule has 0 saturated carbocycles. The molecule has 0 bridgehead atoms. The number of rotatable bonds is 3. The van der Waals surface area contributed by atoms with E-state index in [1.165, 1.54) is 10.9 Å². The van der Waals surface area contributed by atoms with Crippen LogP contribution in [0.25, 0.3) is 16.7 Å². The predicted molar refractivity (Wildman–Crippen MR) is 115 cm³/mol. The van der Waals surface area contributed by atoms with Crippen molar-refractivity contribution in [1.29, 1.82) is 0 Å². The molecule has 0 unspecified atom stereocenters. The smallest absolute Gasteiger partial charge is 0.263 e. The molecule has 1 saturated heterocycles. The third-order valence-electron chi connectivity index (χ3n) is 5.83. The van der Waals surface area contributed by atoms with Crippen molar-refractivity contribution in [3.05, 3.63) is 57.2 Å². The van der Waals surface area contributed by atoms with E-state index in [2.05, 4.69) is 4.98 Å². The molecule has 6 nitrogen and oxygen atoms in total. The van der Waals surface area contributed by atoms with Gasteiger partial charge in [-0.05, 0) is 56.5 Å². The fourth-order valence-electron chi connectivity index (χ4n) is 4.07. The van der Waals surface area contributed by atoms with E-state index in [9.17, 15) is 9.59 Å². The lowest BCUT2D eigenvalue weighted by molar-refractivity contribution is -0.131. The summed E-state index contributed by atoms with van der Waals surface area (Å²) in [6.07, 6.45) is 5.87. The minimum Gasteiger partial charge on any atom is -0.341 e. The number of hydrogen-bond acceptors (Lipinski definition) is 3. The Kier molecular flexibility index (Phi) is 5.46. The van der Waals surface area contributed by atoms with Gasteiger partial charge in [0.1, 0.15) is 12.9 Å².